The van der Waals surface area contributed by atoms with E-state index in [1.165, 1.54) is 23.3 Å². The molecule has 2 aromatic rings. The molecule has 0 spiro atoms. The second kappa shape index (κ2) is 7.40. The van der Waals surface area contributed by atoms with Crippen LogP contribution in [-0.4, -0.2) is 18.1 Å². The fourth-order valence-corrected chi connectivity index (χ4v) is 1.84. The molecule has 110 valence electrons. The minimum atomic E-state index is -0.424. The first-order valence-corrected chi connectivity index (χ1v) is 6.78. The third kappa shape index (κ3) is 4.89. The molecule has 2 rings (SSSR count). The highest BCUT2D eigenvalue weighted by atomic mass is 16.6. The molecule has 0 aliphatic heterocycles. The number of ether oxygens (including phenoxy) is 1. The van der Waals surface area contributed by atoms with Crippen LogP contribution in [0, 0.1) is 17.0 Å². The number of aryl methyl sites for hydroxylation is 1. The predicted octanol–water partition coefficient (Wildman–Crippen LogP) is 3.07. The number of benzene rings is 2. The fourth-order valence-electron chi connectivity index (χ4n) is 1.84. The van der Waals surface area contributed by atoms with E-state index in [0.717, 1.165) is 6.54 Å². The van der Waals surface area contributed by atoms with Crippen LogP contribution in [0.15, 0.2) is 48.5 Å². The Morgan fingerprint density at radius 2 is 1.76 bits per heavy atom. The van der Waals surface area contributed by atoms with Crippen molar-refractivity contribution in [3.05, 3.63) is 69.8 Å². The molecule has 2 aromatic carbocycles. The zero-order valence-electron chi connectivity index (χ0n) is 11.9. The summed E-state index contributed by atoms with van der Waals surface area (Å²) in [5.41, 5.74) is 2.55. The Labute approximate surface area is 123 Å². The lowest BCUT2D eigenvalue weighted by Gasteiger charge is -2.07. The molecule has 0 fully saturated rings. The summed E-state index contributed by atoms with van der Waals surface area (Å²) in [4.78, 5) is 10.1. The van der Waals surface area contributed by atoms with E-state index in [9.17, 15) is 10.1 Å². The van der Waals surface area contributed by atoms with Gasteiger partial charge in [-0.15, -0.1) is 0 Å². The van der Waals surface area contributed by atoms with Gasteiger partial charge >= 0.3 is 0 Å². The van der Waals surface area contributed by atoms with Gasteiger partial charge in [0.2, 0.25) is 0 Å². The van der Waals surface area contributed by atoms with Crippen LogP contribution in [0.1, 0.15) is 11.1 Å². The maximum Gasteiger partial charge on any atom is 0.269 e. The molecule has 0 bridgehead atoms. The second-order valence-electron chi connectivity index (χ2n) is 4.76. The molecule has 1 N–H and O–H groups in total. The molecule has 5 nitrogen and oxygen atoms in total. The van der Waals surface area contributed by atoms with Crippen LogP contribution >= 0.6 is 0 Å². The normalized spacial score (nSPS) is 10.3. The van der Waals surface area contributed by atoms with Gasteiger partial charge in [-0.3, -0.25) is 10.1 Å². The molecule has 0 unspecified atom stereocenters. The van der Waals surface area contributed by atoms with Crippen molar-refractivity contribution in [3.63, 3.8) is 0 Å². The summed E-state index contributed by atoms with van der Waals surface area (Å²) in [6, 6.07) is 14.5. The minimum Gasteiger partial charge on any atom is -0.492 e. The number of hydrogen-bond donors (Lipinski definition) is 1. The van der Waals surface area contributed by atoms with Crippen LogP contribution in [0.5, 0.6) is 5.75 Å². The Morgan fingerprint density at radius 1 is 1.10 bits per heavy atom. The van der Waals surface area contributed by atoms with E-state index < -0.39 is 4.92 Å². The summed E-state index contributed by atoms with van der Waals surface area (Å²) >= 11 is 0. The van der Waals surface area contributed by atoms with Crippen LogP contribution in [0.2, 0.25) is 0 Å². The molecule has 5 heteroatoms. The topological polar surface area (TPSA) is 64.4 Å². The van der Waals surface area contributed by atoms with Crippen molar-refractivity contribution in [1.29, 1.82) is 0 Å². The maximum atomic E-state index is 10.5. The monoisotopic (exact) mass is 286 g/mol. The number of nitrogens with zero attached hydrogens (tertiary/aromatic N) is 1. The van der Waals surface area contributed by atoms with Gasteiger partial charge in [0.1, 0.15) is 12.4 Å². The quantitative estimate of drug-likeness (QED) is 0.482. The van der Waals surface area contributed by atoms with Gasteiger partial charge in [0.25, 0.3) is 5.69 Å². The summed E-state index contributed by atoms with van der Waals surface area (Å²) < 4.78 is 5.51. The van der Waals surface area contributed by atoms with E-state index in [2.05, 4.69) is 36.5 Å². The van der Waals surface area contributed by atoms with Gasteiger partial charge in [-0.25, -0.2) is 0 Å². The van der Waals surface area contributed by atoms with Crippen molar-refractivity contribution in [2.45, 2.75) is 13.5 Å². The number of nitro benzene ring substituents is 1. The first-order chi connectivity index (χ1) is 10.1. The Bertz CT molecular complexity index is 579. The van der Waals surface area contributed by atoms with Gasteiger partial charge in [-0.2, -0.15) is 0 Å². The third-order valence-corrected chi connectivity index (χ3v) is 3.04. The van der Waals surface area contributed by atoms with Crippen molar-refractivity contribution in [3.8, 4) is 5.75 Å². The zero-order valence-corrected chi connectivity index (χ0v) is 11.9. The van der Waals surface area contributed by atoms with Gasteiger partial charge in [0, 0.05) is 25.2 Å². The van der Waals surface area contributed by atoms with Crippen molar-refractivity contribution < 1.29 is 9.66 Å². The lowest BCUT2D eigenvalue weighted by Crippen LogP contribution is -2.20. The Morgan fingerprint density at radius 3 is 2.38 bits per heavy atom. The lowest BCUT2D eigenvalue weighted by atomic mass is 10.1. The summed E-state index contributed by atoms with van der Waals surface area (Å²) in [6.45, 7) is 4.09. The Hall–Kier alpha value is -2.40. The molecular weight excluding hydrogens is 268 g/mol. The highest BCUT2D eigenvalue weighted by Crippen LogP contribution is 2.16. The van der Waals surface area contributed by atoms with Gasteiger partial charge in [-0.05, 0) is 24.6 Å². The zero-order chi connectivity index (χ0) is 15.1. The molecule has 0 atom stereocenters. The SMILES string of the molecule is Cc1ccc(CNCCOc2ccc([N+](=O)[O-])cc2)cc1. The number of nitro groups is 1. The number of rotatable bonds is 7. The number of non-ortho nitro benzene ring substituents is 1. The molecule has 0 aliphatic rings. The molecule has 0 radical (unpaired) electrons. The average Bonchev–Trinajstić information content (AvgIpc) is 2.49. The molecule has 0 aliphatic carbocycles. The van der Waals surface area contributed by atoms with Gasteiger partial charge in [-0.1, -0.05) is 29.8 Å². The van der Waals surface area contributed by atoms with Crippen LogP contribution in [0.3, 0.4) is 0 Å². The van der Waals surface area contributed by atoms with Gasteiger partial charge in [0.15, 0.2) is 0 Å². The molecule has 0 aromatic heterocycles. The summed E-state index contributed by atoms with van der Waals surface area (Å²) in [5, 5.41) is 13.8. The number of nitrogens with one attached hydrogen (secondary N) is 1. The van der Waals surface area contributed by atoms with E-state index in [4.69, 9.17) is 4.74 Å². The highest BCUT2D eigenvalue weighted by molar-refractivity contribution is 5.35. The van der Waals surface area contributed by atoms with E-state index in [-0.39, 0.29) is 5.69 Å². The van der Waals surface area contributed by atoms with Gasteiger partial charge in [0.05, 0.1) is 4.92 Å². The predicted molar refractivity (Wildman–Crippen MR) is 81.5 cm³/mol. The first kappa shape index (κ1) is 15.0. The molecule has 0 saturated carbocycles. The van der Waals surface area contributed by atoms with Crippen molar-refractivity contribution in [2.75, 3.05) is 13.2 Å². The highest BCUT2D eigenvalue weighted by Gasteiger charge is 2.03. The van der Waals surface area contributed by atoms with E-state index in [1.54, 1.807) is 12.1 Å². The van der Waals surface area contributed by atoms with Crippen molar-refractivity contribution >= 4 is 5.69 Å². The molecule has 21 heavy (non-hydrogen) atoms. The van der Waals surface area contributed by atoms with Crippen LogP contribution in [-0.2, 0) is 6.54 Å². The summed E-state index contributed by atoms with van der Waals surface area (Å²) in [6.07, 6.45) is 0. The molecule has 0 heterocycles. The fraction of sp³-hybridized carbons (Fsp3) is 0.250. The minimum absolute atomic E-state index is 0.0693. The van der Waals surface area contributed by atoms with Gasteiger partial charge < -0.3 is 10.1 Å². The third-order valence-electron chi connectivity index (χ3n) is 3.04. The standard InChI is InChI=1S/C16H18N2O3/c1-13-2-4-14(5-3-13)12-17-10-11-21-16-8-6-15(7-9-16)18(19)20/h2-9,17H,10-12H2,1H3. The van der Waals surface area contributed by atoms with Crippen molar-refractivity contribution in [2.24, 2.45) is 0 Å². The molecule has 0 amide bonds. The maximum absolute atomic E-state index is 10.5. The first-order valence-electron chi connectivity index (χ1n) is 6.78. The molecular formula is C16H18N2O3. The Balaban J connectivity index is 1.67. The van der Waals surface area contributed by atoms with E-state index in [0.29, 0.717) is 18.9 Å². The van der Waals surface area contributed by atoms with Crippen LogP contribution in [0.4, 0.5) is 5.69 Å². The summed E-state index contributed by atoms with van der Waals surface area (Å²) in [5.74, 6) is 0.637. The van der Waals surface area contributed by atoms with E-state index >= 15 is 0 Å². The largest absolute Gasteiger partial charge is 0.492 e. The molecule has 0 saturated heterocycles. The smallest absolute Gasteiger partial charge is 0.269 e. The summed E-state index contributed by atoms with van der Waals surface area (Å²) in [7, 11) is 0. The second-order valence-corrected chi connectivity index (χ2v) is 4.76. The Kier molecular flexibility index (Phi) is 5.29. The van der Waals surface area contributed by atoms with E-state index in [1.807, 2.05) is 0 Å². The lowest BCUT2D eigenvalue weighted by molar-refractivity contribution is -0.384. The number of hydrogen-bond acceptors (Lipinski definition) is 4. The van der Waals surface area contributed by atoms with Crippen LogP contribution in [0.25, 0.3) is 0 Å². The van der Waals surface area contributed by atoms with Crippen LogP contribution < -0.4 is 10.1 Å². The van der Waals surface area contributed by atoms with Crippen molar-refractivity contribution in [1.82, 2.24) is 5.32 Å². The average molecular weight is 286 g/mol.